The van der Waals surface area contributed by atoms with Crippen LogP contribution in [-0.4, -0.2) is 111 Å². The molecule has 3 aromatic rings. The predicted octanol–water partition coefficient (Wildman–Crippen LogP) is -0.103. The molecule has 3 aliphatic rings. The Morgan fingerprint density at radius 3 is 2.63 bits per heavy atom. The Balaban J connectivity index is 1.05. The third-order valence-electron chi connectivity index (χ3n) is 8.62. The quantitative estimate of drug-likeness (QED) is 0.0635. The first-order valence-corrected chi connectivity index (χ1v) is 19.1. The van der Waals surface area contributed by atoms with Gasteiger partial charge in [0.15, 0.2) is 29.2 Å². The largest absolute Gasteiger partial charge is 0.737 e. The summed E-state index contributed by atoms with van der Waals surface area (Å²) in [5, 5.41) is 16.0. The Hall–Kier alpha value is -4.58. The number of aromatic nitrogens is 5. The van der Waals surface area contributed by atoms with Crippen LogP contribution in [0.3, 0.4) is 0 Å². The van der Waals surface area contributed by atoms with E-state index in [2.05, 4.69) is 34.4 Å². The van der Waals surface area contributed by atoms with Gasteiger partial charge in [-0.2, -0.15) is 9.29 Å². The summed E-state index contributed by atoms with van der Waals surface area (Å²) in [7, 11) is -10.9. The van der Waals surface area contributed by atoms with Gasteiger partial charge in [-0.1, -0.05) is 0 Å². The van der Waals surface area contributed by atoms with Crippen LogP contribution in [-0.2, 0) is 32.2 Å². The molecule has 292 valence electrons. The molecule has 6 rings (SSSR count). The van der Waals surface area contributed by atoms with Crippen LogP contribution in [0.5, 0.6) is 0 Å². The number of aryl methyl sites for hydroxylation is 2. The molecule has 1 saturated heterocycles. The van der Waals surface area contributed by atoms with Crippen molar-refractivity contribution >= 4 is 63.5 Å². The maximum atomic E-state index is 15.6. The molecule has 1 unspecified atom stereocenters. The predicted molar refractivity (Wildman–Crippen MR) is 182 cm³/mol. The second kappa shape index (κ2) is 14.6. The Bertz CT molecular complexity index is 2270. The number of phosphoric ester groups is 1. The zero-order chi connectivity index (χ0) is 39.3. The minimum Gasteiger partial charge on any atom is -0.440 e. The highest BCUT2D eigenvalue weighted by Crippen LogP contribution is 2.57. The fourth-order valence-electron chi connectivity index (χ4n) is 6.44. The number of hydrogen-bond acceptors (Lipinski definition) is 13. The fraction of sp³-hybridized carbons (Fsp3) is 0.407. The second-order valence-corrected chi connectivity index (χ2v) is 15.2. The minimum absolute atomic E-state index is 0.00597. The molecule has 0 bridgehead atoms. The van der Waals surface area contributed by atoms with Crippen LogP contribution in [0.2, 0.25) is 0 Å². The molecule has 0 aromatic carbocycles. The molecule has 0 saturated carbocycles. The van der Waals surface area contributed by atoms with Gasteiger partial charge in [-0.25, -0.2) is 18.9 Å². The number of alkyl carbamates (subject to hydrolysis) is 1. The van der Waals surface area contributed by atoms with E-state index in [1.54, 1.807) is 38.1 Å². The number of carbonyl (C=O) groups is 2. The van der Waals surface area contributed by atoms with Gasteiger partial charge in [-0.15, -0.1) is 0 Å². The van der Waals surface area contributed by atoms with E-state index in [1.807, 2.05) is 0 Å². The molecular weight excluding hydrogens is 769 g/mol. The number of imidazole rings is 1. The number of nitrogens with zero attached hydrogens (tertiary/aromatic N) is 5. The molecule has 1 fully saturated rings. The van der Waals surface area contributed by atoms with Gasteiger partial charge in [0.25, 0.3) is 5.56 Å². The lowest BCUT2D eigenvalue weighted by Crippen LogP contribution is -2.50. The zero-order valence-corrected chi connectivity index (χ0v) is 30.0. The topological polar surface area (TPSA) is 308 Å². The number of aliphatic hydroxyl groups is 1. The van der Waals surface area contributed by atoms with E-state index in [0.29, 0.717) is 17.1 Å². The number of nitrogens with one attached hydrogen (secondary N) is 3. The van der Waals surface area contributed by atoms with Gasteiger partial charge in [0.2, 0.25) is 11.9 Å². The first-order valence-electron chi connectivity index (χ1n) is 16.0. The van der Waals surface area contributed by atoms with E-state index in [4.69, 9.17) is 25.0 Å². The minimum atomic E-state index is -5.50. The van der Waals surface area contributed by atoms with Crippen LogP contribution in [0.25, 0.3) is 17.2 Å². The number of nitrogen functional groups attached to an aromatic ring is 1. The maximum absolute atomic E-state index is 15.6. The Labute approximate surface area is 302 Å². The van der Waals surface area contributed by atoms with E-state index < -0.39 is 71.3 Å². The van der Waals surface area contributed by atoms with Crippen molar-refractivity contribution in [3.63, 3.8) is 0 Å². The number of aliphatic hydroxyl groups excluding tert-OH is 1. The SMILES string of the molecule is Cc1cc(C)n2c1C=C1C=CC(CCC(=O)NCCNC(=O)O[C@H]3[C@@H](O)[C@H](n4cnc5c(=O)[nH]c(N)nc54)O[C@@H]3COP(=O)(O)OP(=O)(O)O)=[N+]1[B-]2(F)F. The van der Waals surface area contributed by atoms with Crippen LogP contribution >= 0.6 is 15.6 Å². The molecule has 3 aliphatic heterocycles. The van der Waals surface area contributed by atoms with E-state index >= 15 is 8.63 Å². The van der Waals surface area contributed by atoms with Crippen molar-refractivity contribution in [1.82, 2.24) is 34.6 Å². The molecule has 2 amide bonds. The average molecular weight is 803 g/mol. The van der Waals surface area contributed by atoms with Gasteiger partial charge in [-0.3, -0.25) is 23.7 Å². The fourth-order valence-corrected chi connectivity index (χ4v) is 8.04. The number of carbonyl (C=O) groups excluding carboxylic acids is 2. The molecule has 27 heteroatoms. The Morgan fingerprint density at radius 2 is 1.91 bits per heavy atom. The lowest BCUT2D eigenvalue weighted by atomic mass is 9.90. The van der Waals surface area contributed by atoms with Gasteiger partial charge < -0.3 is 63.2 Å². The summed E-state index contributed by atoms with van der Waals surface area (Å²) in [6, 6.07) is 1.68. The van der Waals surface area contributed by atoms with Crippen molar-refractivity contribution in [2.75, 3.05) is 25.4 Å². The van der Waals surface area contributed by atoms with Crippen LogP contribution in [0.1, 0.15) is 36.0 Å². The summed E-state index contributed by atoms with van der Waals surface area (Å²) in [6.07, 6.45) is -2.13. The number of aromatic amines is 1. The molecule has 6 heterocycles. The summed E-state index contributed by atoms with van der Waals surface area (Å²) in [5.41, 5.74) is 6.65. The van der Waals surface area contributed by atoms with Crippen molar-refractivity contribution in [1.29, 1.82) is 0 Å². The first-order chi connectivity index (χ1) is 25.3. The summed E-state index contributed by atoms with van der Waals surface area (Å²) in [4.78, 5) is 75.2. The highest BCUT2D eigenvalue weighted by atomic mass is 31.3. The van der Waals surface area contributed by atoms with Crippen LogP contribution in [0, 0.1) is 13.8 Å². The highest BCUT2D eigenvalue weighted by molar-refractivity contribution is 7.60. The zero-order valence-electron chi connectivity index (χ0n) is 28.2. The van der Waals surface area contributed by atoms with Crippen LogP contribution in [0.4, 0.5) is 19.4 Å². The van der Waals surface area contributed by atoms with Crippen molar-refractivity contribution in [3.8, 4) is 0 Å². The molecule has 0 spiro atoms. The van der Waals surface area contributed by atoms with Gasteiger partial charge in [-0.05, 0) is 31.2 Å². The second-order valence-electron chi connectivity index (χ2n) is 12.4. The molecule has 54 heavy (non-hydrogen) atoms. The van der Waals surface area contributed by atoms with Crippen molar-refractivity contribution in [2.45, 2.75) is 51.2 Å². The number of amides is 2. The third-order valence-corrected chi connectivity index (χ3v) is 10.8. The van der Waals surface area contributed by atoms with Gasteiger partial charge >= 0.3 is 28.7 Å². The molecule has 5 atom stereocenters. The maximum Gasteiger partial charge on any atom is 0.737 e. The molecular formula is C27H34BF2N9O13P2. The summed E-state index contributed by atoms with van der Waals surface area (Å²) in [5.74, 6) is -0.821. The van der Waals surface area contributed by atoms with Crippen LogP contribution < -0.4 is 21.9 Å². The van der Waals surface area contributed by atoms with Gasteiger partial charge in [0.1, 0.15) is 17.9 Å². The van der Waals surface area contributed by atoms with E-state index in [-0.39, 0.29) is 48.8 Å². The van der Waals surface area contributed by atoms with Crippen molar-refractivity contribution in [3.05, 3.63) is 57.5 Å². The lowest BCUT2D eigenvalue weighted by molar-refractivity contribution is -0.362. The molecule has 0 aliphatic carbocycles. The number of allylic oxidation sites excluding steroid dienone is 2. The Morgan fingerprint density at radius 1 is 1.19 bits per heavy atom. The number of nitrogens with two attached hydrogens (primary N) is 1. The van der Waals surface area contributed by atoms with Crippen LogP contribution in [0.15, 0.2) is 35.0 Å². The van der Waals surface area contributed by atoms with Gasteiger partial charge in [0, 0.05) is 49.9 Å². The Kier molecular flexibility index (Phi) is 10.6. The number of anilines is 1. The summed E-state index contributed by atoms with van der Waals surface area (Å²) in [6.45, 7) is -2.21. The van der Waals surface area contributed by atoms with E-state index in [0.717, 1.165) is 25.4 Å². The number of phosphoric acid groups is 2. The summed E-state index contributed by atoms with van der Waals surface area (Å²) >= 11 is 0. The van der Waals surface area contributed by atoms with E-state index in [1.165, 1.54) is 0 Å². The molecule has 22 nitrogen and oxygen atoms in total. The van der Waals surface area contributed by atoms with Crippen molar-refractivity contribution < 1.29 is 69.9 Å². The molecule has 3 aromatic heterocycles. The normalized spacial score (nSPS) is 22.9. The summed E-state index contributed by atoms with van der Waals surface area (Å²) < 4.78 is 76.8. The lowest BCUT2D eigenvalue weighted by Gasteiger charge is -2.30. The number of fused-ring (bicyclic) bond motifs is 3. The highest BCUT2D eigenvalue weighted by Gasteiger charge is 2.52. The van der Waals surface area contributed by atoms with Gasteiger partial charge in [0.05, 0.1) is 12.9 Å². The van der Waals surface area contributed by atoms with Crippen molar-refractivity contribution in [2.24, 2.45) is 0 Å². The number of hydrogen-bond donors (Lipinski definition) is 8. The molecule has 0 radical (unpaired) electrons. The number of rotatable bonds is 13. The number of H-pyrrole nitrogens is 1. The number of halogens is 2. The molecule has 9 N–H and O–H groups in total. The average Bonchev–Trinajstić information content (AvgIpc) is 3.81. The monoisotopic (exact) mass is 803 g/mol. The van der Waals surface area contributed by atoms with E-state index in [9.17, 15) is 33.5 Å². The smallest absolute Gasteiger partial charge is 0.440 e. The first kappa shape index (κ1) is 39.1. The standard InChI is InChI=1S/C27H34BF2N9O13P2/c1-13-9-14(2)38-17(13)10-16-4-3-15(39(16)28(38,29)30)5-6-19(40)32-7-8-33-27(43)51-22-18(11-49-54(47,48)52-53(44,45)46)50-25(21(22)41)37-12-34-20-23(37)35-26(31)36-24(20)42/h3-4,9-10,12,18,21-22,25,41H,5-8,11H2,1-2H3,(H,32,40)(H,33,43)(H,47,48)(H2,44,45,46)(H3,31,35,36,42)/t18-,21-,22-,25-/m1/s1. The number of ether oxygens (including phenoxy) is 2. The third kappa shape index (κ3) is 7.94.